The van der Waals surface area contributed by atoms with Crippen LogP contribution in [-0.2, 0) is 11.2 Å². The molecular weight excluding hydrogens is 260 g/mol. The number of fused-ring (bicyclic) bond motifs is 1. The maximum atomic E-state index is 12.1. The summed E-state index contributed by atoms with van der Waals surface area (Å²) in [4.78, 5) is 12.1. The van der Waals surface area contributed by atoms with Crippen molar-refractivity contribution in [2.75, 3.05) is 5.73 Å². The highest BCUT2D eigenvalue weighted by molar-refractivity contribution is 5.85. The third-order valence-corrected chi connectivity index (χ3v) is 3.47. The zero-order chi connectivity index (χ0) is 13.3. The number of rotatable bonds is 1. The number of aryl methyl sites for hydroxylation is 1. The first-order valence-corrected chi connectivity index (χ1v) is 6.57. The molecule has 4 heteroatoms. The summed E-state index contributed by atoms with van der Waals surface area (Å²) < 4.78 is 0. The van der Waals surface area contributed by atoms with Gasteiger partial charge in [0.2, 0.25) is 5.91 Å². The van der Waals surface area contributed by atoms with E-state index < -0.39 is 0 Å². The van der Waals surface area contributed by atoms with Crippen LogP contribution in [0.3, 0.4) is 0 Å². The van der Waals surface area contributed by atoms with Crippen molar-refractivity contribution >= 4 is 24.0 Å². The Bertz CT molecular complexity index is 466. The van der Waals surface area contributed by atoms with E-state index in [-0.39, 0.29) is 29.8 Å². The maximum Gasteiger partial charge on any atom is 0.225 e. The molecule has 1 aliphatic carbocycles. The Hall–Kier alpha value is -1.22. The molecule has 3 N–H and O–H groups in total. The highest BCUT2D eigenvalue weighted by Gasteiger charge is 2.27. The van der Waals surface area contributed by atoms with Gasteiger partial charge in [-0.25, -0.2) is 0 Å². The van der Waals surface area contributed by atoms with Gasteiger partial charge in [0.25, 0.3) is 0 Å². The molecule has 2 rings (SSSR count). The molecule has 3 nitrogen and oxygen atoms in total. The van der Waals surface area contributed by atoms with Gasteiger partial charge in [-0.2, -0.15) is 0 Å². The molecule has 0 aromatic heterocycles. The lowest BCUT2D eigenvalue weighted by molar-refractivity contribution is -0.129. The SMILES string of the molecule is CC(C)(C)C(=O)NC1CCCc2cc(N)ccc21.Cl. The molecule has 1 unspecified atom stereocenters. The Morgan fingerprint density at radius 1 is 1.37 bits per heavy atom. The number of nitrogen functional groups attached to an aromatic ring is 1. The molecule has 0 aliphatic heterocycles. The van der Waals surface area contributed by atoms with Crippen LogP contribution in [0, 0.1) is 5.41 Å². The average molecular weight is 283 g/mol. The normalized spacial score (nSPS) is 18.2. The Morgan fingerprint density at radius 2 is 2.05 bits per heavy atom. The van der Waals surface area contributed by atoms with Crippen molar-refractivity contribution in [2.45, 2.75) is 46.1 Å². The van der Waals surface area contributed by atoms with Crippen LogP contribution in [-0.4, -0.2) is 5.91 Å². The Kier molecular flexibility index (Phi) is 4.86. The topological polar surface area (TPSA) is 55.1 Å². The second-order valence-corrected chi connectivity index (χ2v) is 6.13. The van der Waals surface area contributed by atoms with Crippen LogP contribution < -0.4 is 11.1 Å². The molecule has 106 valence electrons. The number of hydrogen-bond acceptors (Lipinski definition) is 2. The van der Waals surface area contributed by atoms with Crippen molar-refractivity contribution in [3.05, 3.63) is 29.3 Å². The first-order valence-electron chi connectivity index (χ1n) is 6.57. The molecule has 0 heterocycles. The van der Waals surface area contributed by atoms with Gasteiger partial charge in [-0.3, -0.25) is 4.79 Å². The van der Waals surface area contributed by atoms with Gasteiger partial charge in [0, 0.05) is 11.1 Å². The summed E-state index contributed by atoms with van der Waals surface area (Å²) >= 11 is 0. The molecule has 1 amide bonds. The molecule has 1 aromatic carbocycles. The average Bonchev–Trinajstić information content (AvgIpc) is 2.27. The minimum Gasteiger partial charge on any atom is -0.399 e. The quantitative estimate of drug-likeness (QED) is 0.777. The van der Waals surface area contributed by atoms with Crippen LogP contribution in [0.4, 0.5) is 5.69 Å². The fourth-order valence-electron chi connectivity index (χ4n) is 2.36. The van der Waals surface area contributed by atoms with Crippen LogP contribution >= 0.6 is 12.4 Å². The summed E-state index contributed by atoms with van der Waals surface area (Å²) in [7, 11) is 0. The van der Waals surface area contributed by atoms with E-state index in [2.05, 4.69) is 11.4 Å². The predicted molar refractivity (Wildman–Crippen MR) is 81.4 cm³/mol. The highest BCUT2D eigenvalue weighted by atomic mass is 35.5. The number of halogens is 1. The summed E-state index contributed by atoms with van der Waals surface area (Å²) in [5, 5.41) is 3.15. The number of benzene rings is 1. The molecule has 19 heavy (non-hydrogen) atoms. The lowest BCUT2D eigenvalue weighted by atomic mass is 9.86. The molecule has 1 aromatic rings. The van der Waals surface area contributed by atoms with Gasteiger partial charge in [0.05, 0.1) is 6.04 Å². The summed E-state index contributed by atoms with van der Waals surface area (Å²) in [5.41, 5.74) is 8.78. The van der Waals surface area contributed by atoms with Crippen molar-refractivity contribution < 1.29 is 4.79 Å². The molecular formula is C15H23ClN2O. The van der Waals surface area contributed by atoms with Crippen molar-refractivity contribution in [1.29, 1.82) is 0 Å². The van der Waals surface area contributed by atoms with Crippen LogP contribution in [0.5, 0.6) is 0 Å². The first kappa shape index (κ1) is 15.8. The maximum absolute atomic E-state index is 12.1. The summed E-state index contributed by atoms with van der Waals surface area (Å²) in [6, 6.07) is 6.14. The van der Waals surface area contributed by atoms with E-state index in [9.17, 15) is 4.79 Å². The second-order valence-electron chi connectivity index (χ2n) is 6.13. The lowest BCUT2D eigenvalue weighted by Crippen LogP contribution is -2.38. The van der Waals surface area contributed by atoms with E-state index in [1.165, 1.54) is 11.1 Å². The van der Waals surface area contributed by atoms with E-state index in [1.807, 2.05) is 32.9 Å². The summed E-state index contributed by atoms with van der Waals surface area (Å²) in [5.74, 6) is 0.108. The van der Waals surface area contributed by atoms with Gasteiger partial charge in [-0.1, -0.05) is 26.8 Å². The number of carbonyl (C=O) groups excluding carboxylic acids is 1. The van der Waals surface area contributed by atoms with Gasteiger partial charge >= 0.3 is 0 Å². The van der Waals surface area contributed by atoms with Gasteiger partial charge < -0.3 is 11.1 Å². The molecule has 0 saturated carbocycles. The molecule has 1 atom stereocenters. The van der Waals surface area contributed by atoms with Gasteiger partial charge in [-0.05, 0) is 42.5 Å². The van der Waals surface area contributed by atoms with Crippen LogP contribution in [0.2, 0.25) is 0 Å². The monoisotopic (exact) mass is 282 g/mol. The van der Waals surface area contributed by atoms with Crippen LogP contribution in [0.25, 0.3) is 0 Å². The Labute approximate surface area is 121 Å². The lowest BCUT2D eigenvalue weighted by Gasteiger charge is -2.29. The molecule has 0 bridgehead atoms. The third-order valence-electron chi connectivity index (χ3n) is 3.47. The largest absolute Gasteiger partial charge is 0.399 e. The molecule has 0 saturated heterocycles. The minimum absolute atomic E-state index is 0. The van der Waals surface area contributed by atoms with E-state index in [0.717, 1.165) is 24.9 Å². The number of nitrogens with two attached hydrogens (primary N) is 1. The van der Waals surface area contributed by atoms with Crippen LogP contribution in [0.15, 0.2) is 18.2 Å². The Balaban J connectivity index is 0.00000180. The molecule has 0 radical (unpaired) electrons. The second kappa shape index (κ2) is 5.83. The highest BCUT2D eigenvalue weighted by Crippen LogP contribution is 2.31. The zero-order valence-corrected chi connectivity index (χ0v) is 12.6. The third kappa shape index (κ3) is 3.63. The van der Waals surface area contributed by atoms with E-state index in [0.29, 0.717) is 0 Å². The van der Waals surface area contributed by atoms with Crippen molar-refractivity contribution in [2.24, 2.45) is 5.41 Å². The number of carbonyl (C=O) groups is 1. The van der Waals surface area contributed by atoms with Crippen molar-refractivity contribution in [3.8, 4) is 0 Å². The minimum atomic E-state index is -0.342. The van der Waals surface area contributed by atoms with Gasteiger partial charge in [-0.15, -0.1) is 12.4 Å². The Morgan fingerprint density at radius 3 is 2.68 bits per heavy atom. The predicted octanol–water partition coefficient (Wildman–Crippen LogP) is 3.23. The zero-order valence-electron chi connectivity index (χ0n) is 11.8. The fraction of sp³-hybridized carbons (Fsp3) is 0.533. The van der Waals surface area contributed by atoms with E-state index >= 15 is 0 Å². The molecule has 0 fully saturated rings. The summed E-state index contributed by atoms with van der Waals surface area (Å²) in [6.07, 6.45) is 3.17. The van der Waals surface area contributed by atoms with Crippen molar-refractivity contribution in [3.63, 3.8) is 0 Å². The smallest absolute Gasteiger partial charge is 0.225 e. The molecule has 1 aliphatic rings. The van der Waals surface area contributed by atoms with E-state index in [4.69, 9.17) is 5.73 Å². The number of anilines is 1. The number of amides is 1. The van der Waals surface area contributed by atoms with Crippen molar-refractivity contribution in [1.82, 2.24) is 5.32 Å². The van der Waals surface area contributed by atoms with Gasteiger partial charge in [0.15, 0.2) is 0 Å². The standard InChI is InChI=1S/C15H22N2O.ClH/c1-15(2,3)14(18)17-13-6-4-5-10-9-11(16)7-8-12(10)13;/h7-9,13H,4-6,16H2,1-3H3,(H,17,18);1H. The summed E-state index contributed by atoms with van der Waals surface area (Å²) in [6.45, 7) is 5.82. The first-order chi connectivity index (χ1) is 8.38. The molecule has 0 spiro atoms. The number of hydrogen-bond donors (Lipinski definition) is 2. The number of nitrogens with one attached hydrogen (secondary N) is 1. The van der Waals surface area contributed by atoms with Gasteiger partial charge in [0.1, 0.15) is 0 Å². The fourth-order valence-corrected chi connectivity index (χ4v) is 2.36. The van der Waals surface area contributed by atoms with Crippen LogP contribution in [0.1, 0.15) is 50.8 Å². The van der Waals surface area contributed by atoms with E-state index in [1.54, 1.807) is 0 Å².